The Labute approximate surface area is 187 Å². The van der Waals surface area contributed by atoms with Gasteiger partial charge in [-0.15, -0.1) is 11.8 Å². The quantitative estimate of drug-likeness (QED) is 0.351. The number of hydrogen-bond acceptors (Lipinski definition) is 5. The highest BCUT2D eigenvalue weighted by Gasteiger charge is 2.12. The number of thioether (sulfide) groups is 1. The van der Waals surface area contributed by atoms with Gasteiger partial charge in [0.05, 0.1) is 10.7 Å². The third-order valence-corrected chi connectivity index (χ3v) is 6.69. The molecule has 0 unspecified atom stereocenters. The maximum Gasteiger partial charge on any atom is 0.272 e. The summed E-state index contributed by atoms with van der Waals surface area (Å²) in [7, 11) is 0. The number of pyridine rings is 1. The fraction of sp³-hybridized carbons (Fsp3) is 0.0417. The van der Waals surface area contributed by atoms with Gasteiger partial charge in [0.15, 0.2) is 5.65 Å². The van der Waals surface area contributed by atoms with E-state index < -0.39 is 0 Å². The van der Waals surface area contributed by atoms with Gasteiger partial charge in [0.25, 0.3) is 5.56 Å². The van der Waals surface area contributed by atoms with Crippen molar-refractivity contribution in [3.05, 3.63) is 107 Å². The highest BCUT2D eigenvalue weighted by Crippen LogP contribution is 2.30. The van der Waals surface area contributed by atoms with Crippen LogP contribution in [-0.2, 0) is 5.75 Å². The van der Waals surface area contributed by atoms with Crippen LogP contribution in [0.2, 0.25) is 0 Å². The number of nitrogens with one attached hydrogen (secondary N) is 1. The van der Waals surface area contributed by atoms with E-state index >= 15 is 0 Å². The smallest absolute Gasteiger partial charge is 0.272 e. The van der Waals surface area contributed by atoms with Gasteiger partial charge in [0.2, 0.25) is 0 Å². The number of nitrogens with zero attached hydrogens (tertiary/aromatic N) is 3. The van der Waals surface area contributed by atoms with Crippen LogP contribution in [0.5, 0.6) is 0 Å². The second kappa shape index (κ2) is 8.83. The van der Waals surface area contributed by atoms with E-state index in [0.717, 1.165) is 26.7 Å². The molecule has 0 atom stereocenters. The predicted octanol–water partition coefficient (Wildman–Crippen LogP) is 5.53. The van der Waals surface area contributed by atoms with E-state index in [1.165, 1.54) is 9.41 Å². The van der Waals surface area contributed by atoms with Gasteiger partial charge in [-0.1, -0.05) is 48.2 Å². The van der Waals surface area contributed by atoms with Crippen LogP contribution in [0.1, 0.15) is 5.69 Å². The summed E-state index contributed by atoms with van der Waals surface area (Å²) in [5, 5.41) is 3.94. The molecule has 2 aromatic carbocycles. The van der Waals surface area contributed by atoms with Gasteiger partial charge in [-0.2, -0.15) is 0 Å². The van der Waals surface area contributed by atoms with Gasteiger partial charge in [0, 0.05) is 39.6 Å². The standard InChI is InChI=1S/C24H18N4OS2/c29-23-14-18(16-30-22-8-4-5-13-25-22)27-24-21(15-26-28(23)24)17-9-11-20(12-10-17)31-19-6-2-1-3-7-19/h1-15,26H,16H2. The first-order valence-electron chi connectivity index (χ1n) is 9.73. The van der Waals surface area contributed by atoms with Crippen molar-refractivity contribution in [2.24, 2.45) is 0 Å². The molecule has 0 amide bonds. The number of aromatic amines is 1. The number of H-pyrrole nitrogens is 1. The zero-order valence-corrected chi connectivity index (χ0v) is 18.1. The summed E-state index contributed by atoms with van der Waals surface area (Å²) in [4.78, 5) is 24.0. The Morgan fingerprint density at radius 2 is 1.68 bits per heavy atom. The monoisotopic (exact) mass is 442 g/mol. The lowest BCUT2D eigenvalue weighted by Crippen LogP contribution is -2.15. The Balaban J connectivity index is 1.42. The summed E-state index contributed by atoms with van der Waals surface area (Å²) in [6, 6.07) is 26.0. The molecule has 3 aromatic heterocycles. The average Bonchev–Trinajstić information content (AvgIpc) is 3.24. The number of aromatic nitrogens is 4. The van der Waals surface area contributed by atoms with Crippen molar-refractivity contribution in [2.45, 2.75) is 20.6 Å². The predicted molar refractivity (Wildman–Crippen MR) is 126 cm³/mol. The highest BCUT2D eigenvalue weighted by atomic mass is 32.2. The summed E-state index contributed by atoms with van der Waals surface area (Å²) in [6.45, 7) is 0. The molecule has 0 bridgehead atoms. The number of benzene rings is 2. The molecule has 7 heteroatoms. The average molecular weight is 443 g/mol. The van der Waals surface area contributed by atoms with Crippen molar-refractivity contribution in [3.63, 3.8) is 0 Å². The molecule has 0 saturated heterocycles. The van der Waals surface area contributed by atoms with Crippen LogP contribution in [0.3, 0.4) is 0 Å². The third kappa shape index (κ3) is 4.42. The lowest BCUT2D eigenvalue weighted by molar-refractivity contribution is 0.888. The molecule has 5 aromatic rings. The Kier molecular flexibility index (Phi) is 5.60. The highest BCUT2D eigenvalue weighted by molar-refractivity contribution is 7.99. The summed E-state index contributed by atoms with van der Waals surface area (Å²) in [6.07, 6.45) is 3.59. The summed E-state index contributed by atoms with van der Waals surface area (Å²) >= 11 is 3.28. The minimum absolute atomic E-state index is 0.121. The lowest BCUT2D eigenvalue weighted by Gasteiger charge is -2.05. The summed E-state index contributed by atoms with van der Waals surface area (Å²) in [5.74, 6) is 0.583. The summed E-state index contributed by atoms with van der Waals surface area (Å²) in [5.41, 5.74) is 3.16. The number of rotatable bonds is 6. The molecule has 5 rings (SSSR count). The van der Waals surface area contributed by atoms with E-state index in [2.05, 4.69) is 46.5 Å². The van der Waals surface area contributed by atoms with Crippen LogP contribution < -0.4 is 5.56 Å². The Hall–Kier alpha value is -3.29. The maximum atomic E-state index is 12.6. The Morgan fingerprint density at radius 1 is 0.903 bits per heavy atom. The normalized spacial score (nSPS) is 11.1. The third-order valence-electron chi connectivity index (χ3n) is 4.70. The van der Waals surface area contributed by atoms with E-state index in [-0.39, 0.29) is 5.56 Å². The van der Waals surface area contributed by atoms with Crippen molar-refractivity contribution in [2.75, 3.05) is 0 Å². The fourth-order valence-electron chi connectivity index (χ4n) is 3.22. The van der Waals surface area contributed by atoms with Gasteiger partial charge in [-0.25, -0.2) is 14.5 Å². The summed E-state index contributed by atoms with van der Waals surface area (Å²) < 4.78 is 1.48. The van der Waals surface area contributed by atoms with Crippen LogP contribution in [0, 0.1) is 0 Å². The molecule has 0 fully saturated rings. The fourth-order valence-corrected chi connectivity index (χ4v) is 4.81. The van der Waals surface area contributed by atoms with Crippen LogP contribution in [0.15, 0.2) is 111 Å². The van der Waals surface area contributed by atoms with Gasteiger partial charge >= 0.3 is 0 Å². The molecule has 0 spiro atoms. The van der Waals surface area contributed by atoms with Gasteiger partial charge < -0.3 is 0 Å². The van der Waals surface area contributed by atoms with E-state index in [1.807, 2.05) is 42.6 Å². The number of hydrogen-bond donors (Lipinski definition) is 1. The van der Waals surface area contributed by atoms with Crippen molar-refractivity contribution < 1.29 is 0 Å². The molecule has 0 aliphatic carbocycles. The van der Waals surface area contributed by atoms with E-state index in [4.69, 9.17) is 4.98 Å². The molecule has 1 N–H and O–H groups in total. The van der Waals surface area contributed by atoms with Crippen molar-refractivity contribution in [1.29, 1.82) is 0 Å². The van der Waals surface area contributed by atoms with E-state index in [0.29, 0.717) is 11.4 Å². The first kappa shape index (κ1) is 19.7. The van der Waals surface area contributed by atoms with E-state index in [1.54, 1.807) is 35.8 Å². The second-order valence-corrected chi connectivity index (χ2v) is 8.97. The SMILES string of the molecule is O=c1cc(CSc2ccccn2)nc2c(-c3ccc(Sc4ccccc4)cc3)c[nH]n12. The topological polar surface area (TPSA) is 63.0 Å². The molecule has 0 aliphatic rings. The molecule has 0 aliphatic heterocycles. The van der Waals surface area contributed by atoms with E-state index in [9.17, 15) is 4.79 Å². The molecular formula is C24H18N4OS2. The Bertz CT molecular complexity index is 1360. The van der Waals surface area contributed by atoms with Crippen molar-refractivity contribution in [1.82, 2.24) is 19.6 Å². The van der Waals surface area contributed by atoms with Crippen molar-refractivity contribution >= 4 is 29.2 Å². The van der Waals surface area contributed by atoms with Crippen molar-refractivity contribution in [3.8, 4) is 11.1 Å². The zero-order valence-electron chi connectivity index (χ0n) is 16.4. The van der Waals surface area contributed by atoms with Gasteiger partial charge in [0.1, 0.15) is 0 Å². The minimum Gasteiger partial charge on any atom is -0.296 e. The van der Waals surface area contributed by atoms with Crippen LogP contribution in [-0.4, -0.2) is 19.6 Å². The molecule has 0 saturated carbocycles. The molecular weight excluding hydrogens is 424 g/mol. The molecule has 0 radical (unpaired) electrons. The molecule has 31 heavy (non-hydrogen) atoms. The van der Waals surface area contributed by atoms with Crippen LogP contribution >= 0.6 is 23.5 Å². The van der Waals surface area contributed by atoms with Crippen LogP contribution in [0.25, 0.3) is 16.8 Å². The molecule has 3 heterocycles. The number of fused-ring (bicyclic) bond motifs is 1. The van der Waals surface area contributed by atoms with Gasteiger partial charge in [-0.05, 0) is 42.0 Å². The Morgan fingerprint density at radius 3 is 2.45 bits per heavy atom. The van der Waals surface area contributed by atoms with Gasteiger partial charge in [-0.3, -0.25) is 9.89 Å². The van der Waals surface area contributed by atoms with Crippen LogP contribution in [0.4, 0.5) is 0 Å². The zero-order chi connectivity index (χ0) is 21.0. The first-order valence-corrected chi connectivity index (χ1v) is 11.5. The second-order valence-electron chi connectivity index (χ2n) is 6.83. The largest absolute Gasteiger partial charge is 0.296 e. The molecule has 5 nitrogen and oxygen atoms in total. The maximum absolute atomic E-state index is 12.6. The first-order chi connectivity index (χ1) is 15.3. The lowest BCUT2D eigenvalue weighted by atomic mass is 10.1. The molecule has 152 valence electrons. The minimum atomic E-state index is -0.121.